The van der Waals surface area contributed by atoms with Crippen LogP contribution in [0.2, 0.25) is 19.6 Å². The summed E-state index contributed by atoms with van der Waals surface area (Å²) in [7, 11) is -1.31. The molecule has 0 bridgehead atoms. The maximum atomic E-state index is 10.6. The molecule has 1 aliphatic carbocycles. The lowest BCUT2D eigenvalue weighted by atomic mass is 10.1. The van der Waals surface area contributed by atoms with Crippen LogP contribution < -0.4 is 0 Å². The smallest absolute Gasteiger partial charge is 0.335 e. The molecule has 0 heterocycles. The molecular formula is C18H26O5Si. The zero-order chi connectivity index (χ0) is 18.3. The van der Waals surface area contributed by atoms with Gasteiger partial charge >= 0.3 is 11.9 Å². The van der Waals surface area contributed by atoms with Gasteiger partial charge in [0.2, 0.25) is 8.32 Å². The molecule has 1 aromatic carbocycles. The van der Waals surface area contributed by atoms with Gasteiger partial charge in [-0.3, -0.25) is 0 Å². The van der Waals surface area contributed by atoms with Gasteiger partial charge in [0.25, 0.3) is 0 Å². The van der Waals surface area contributed by atoms with E-state index < -0.39 is 20.3 Å². The highest BCUT2D eigenvalue weighted by Gasteiger charge is 2.18. The van der Waals surface area contributed by atoms with Crippen molar-refractivity contribution >= 4 is 20.3 Å². The molecule has 0 atom stereocenters. The van der Waals surface area contributed by atoms with Gasteiger partial charge in [-0.25, -0.2) is 9.59 Å². The Morgan fingerprint density at radius 3 is 2.21 bits per heavy atom. The Labute approximate surface area is 144 Å². The molecule has 0 saturated heterocycles. The van der Waals surface area contributed by atoms with Crippen LogP contribution in [0.1, 0.15) is 52.0 Å². The van der Waals surface area contributed by atoms with E-state index >= 15 is 0 Å². The van der Waals surface area contributed by atoms with Gasteiger partial charge in [0.1, 0.15) is 0 Å². The van der Waals surface area contributed by atoms with Crippen LogP contribution in [0.3, 0.4) is 0 Å². The maximum absolute atomic E-state index is 10.6. The number of hydrogen-bond donors (Lipinski definition) is 2. The highest BCUT2D eigenvalue weighted by molar-refractivity contribution is 6.70. The molecular weight excluding hydrogens is 324 g/mol. The van der Waals surface area contributed by atoms with Crippen molar-refractivity contribution in [1.29, 1.82) is 0 Å². The Balaban J connectivity index is 0.000000243. The predicted molar refractivity (Wildman–Crippen MR) is 96.1 cm³/mol. The number of carboxylic acid groups (broad SMARTS) is 2. The second-order valence-electron chi connectivity index (χ2n) is 6.77. The largest absolute Gasteiger partial charge is 0.548 e. The summed E-state index contributed by atoms with van der Waals surface area (Å²) >= 11 is 0. The molecule has 1 aromatic rings. The zero-order valence-electron chi connectivity index (χ0n) is 14.8. The van der Waals surface area contributed by atoms with E-state index in [0.717, 1.165) is 6.07 Å². The van der Waals surface area contributed by atoms with Crippen LogP contribution in [0, 0.1) is 6.92 Å². The summed E-state index contributed by atoms with van der Waals surface area (Å²) in [6.07, 6.45) is 7.32. The summed E-state index contributed by atoms with van der Waals surface area (Å²) < 4.78 is 5.88. The van der Waals surface area contributed by atoms with E-state index in [4.69, 9.17) is 14.6 Å². The molecule has 0 saturated carbocycles. The van der Waals surface area contributed by atoms with Crippen LogP contribution in [-0.4, -0.2) is 30.5 Å². The summed E-state index contributed by atoms with van der Waals surface area (Å²) in [5, 5.41) is 17.3. The molecule has 2 rings (SSSR count). The van der Waals surface area contributed by atoms with Gasteiger partial charge in [-0.1, -0.05) is 6.07 Å². The van der Waals surface area contributed by atoms with Crippen LogP contribution in [0.25, 0.3) is 0 Å². The molecule has 0 radical (unpaired) electrons. The van der Waals surface area contributed by atoms with Crippen LogP contribution in [0.5, 0.6) is 0 Å². The first kappa shape index (κ1) is 20.0. The average molecular weight is 350 g/mol. The highest BCUT2D eigenvalue weighted by Crippen LogP contribution is 2.21. The lowest BCUT2D eigenvalue weighted by molar-refractivity contribution is 0.0695. The molecule has 5 nitrogen and oxygen atoms in total. The Morgan fingerprint density at radius 1 is 1.08 bits per heavy atom. The van der Waals surface area contributed by atoms with Crippen LogP contribution in [0.4, 0.5) is 0 Å². The SMILES string of the molecule is C[Si](C)(C)OC1=CCCCC1.Cc1ccc(C(=O)O)cc1C(=O)O. The topological polar surface area (TPSA) is 83.8 Å². The summed E-state index contributed by atoms with van der Waals surface area (Å²) in [4.78, 5) is 21.1. The summed E-state index contributed by atoms with van der Waals surface area (Å²) in [6, 6.07) is 4.01. The number of aromatic carboxylic acids is 2. The molecule has 0 amide bonds. The van der Waals surface area contributed by atoms with Crippen molar-refractivity contribution in [3.63, 3.8) is 0 Å². The van der Waals surface area contributed by atoms with Gasteiger partial charge in [-0.05, 0) is 69.6 Å². The summed E-state index contributed by atoms with van der Waals surface area (Å²) in [6.45, 7) is 8.34. The van der Waals surface area contributed by atoms with E-state index in [1.165, 1.54) is 43.6 Å². The van der Waals surface area contributed by atoms with Gasteiger partial charge < -0.3 is 14.6 Å². The van der Waals surface area contributed by atoms with E-state index in [2.05, 4.69) is 25.7 Å². The molecule has 6 heteroatoms. The predicted octanol–water partition coefficient (Wildman–Crippen LogP) is 4.69. The maximum Gasteiger partial charge on any atom is 0.335 e. The van der Waals surface area contributed by atoms with Gasteiger partial charge in [0.15, 0.2) is 0 Å². The Kier molecular flexibility index (Phi) is 7.22. The number of benzene rings is 1. The third kappa shape index (κ3) is 7.00. The second kappa shape index (κ2) is 8.68. The van der Waals surface area contributed by atoms with E-state index in [9.17, 15) is 9.59 Å². The first-order valence-electron chi connectivity index (χ1n) is 8.05. The van der Waals surface area contributed by atoms with E-state index in [0.29, 0.717) is 5.56 Å². The number of allylic oxidation sites excluding steroid dienone is 2. The quantitative estimate of drug-likeness (QED) is 0.770. The summed E-state index contributed by atoms with van der Waals surface area (Å²) in [5.74, 6) is -0.974. The van der Waals surface area contributed by atoms with E-state index in [-0.39, 0.29) is 11.1 Å². The van der Waals surface area contributed by atoms with Crippen molar-refractivity contribution < 1.29 is 24.2 Å². The van der Waals surface area contributed by atoms with Crippen LogP contribution >= 0.6 is 0 Å². The number of rotatable bonds is 4. The minimum Gasteiger partial charge on any atom is -0.548 e. The fraction of sp³-hybridized carbons (Fsp3) is 0.444. The molecule has 132 valence electrons. The molecule has 0 fully saturated rings. The third-order valence-electron chi connectivity index (χ3n) is 3.40. The fourth-order valence-corrected chi connectivity index (χ4v) is 3.25. The third-order valence-corrected chi connectivity index (χ3v) is 4.28. The molecule has 0 spiro atoms. The van der Waals surface area contributed by atoms with Crippen molar-refractivity contribution in [3.05, 3.63) is 46.7 Å². The Hall–Kier alpha value is -2.08. The standard InChI is InChI=1S/C9H8O4.C9H18OSi/c1-5-2-3-6(8(10)11)4-7(5)9(12)13;1-11(2,3)10-9-7-5-4-6-8-9/h2-4H,1H3,(H,10,11)(H,12,13);7H,4-6,8H2,1-3H3. The minimum atomic E-state index is -1.31. The molecule has 0 aliphatic heterocycles. The monoisotopic (exact) mass is 350 g/mol. The minimum absolute atomic E-state index is 0.0111. The van der Waals surface area contributed by atoms with Crippen molar-refractivity contribution in [2.45, 2.75) is 52.2 Å². The van der Waals surface area contributed by atoms with Gasteiger partial charge in [0, 0.05) is 6.42 Å². The first-order chi connectivity index (χ1) is 11.1. The molecule has 2 N–H and O–H groups in total. The normalized spacial score (nSPS) is 14.1. The van der Waals surface area contributed by atoms with Gasteiger partial charge in [-0.15, -0.1) is 0 Å². The van der Waals surface area contributed by atoms with Crippen molar-refractivity contribution in [3.8, 4) is 0 Å². The number of hydrogen-bond acceptors (Lipinski definition) is 3. The summed E-state index contributed by atoms with van der Waals surface area (Å²) in [5.41, 5.74) is 0.570. The Morgan fingerprint density at radius 2 is 1.75 bits per heavy atom. The van der Waals surface area contributed by atoms with Crippen molar-refractivity contribution in [2.24, 2.45) is 0 Å². The average Bonchev–Trinajstić information content (AvgIpc) is 2.47. The number of aryl methyl sites for hydroxylation is 1. The lowest BCUT2D eigenvalue weighted by Gasteiger charge is -2.23. The van der Waals surface area contributed by atoms with Crippen LogP contribution in [0.15, 0.2) is 30.0 Å². The Bertz CT molecular complexity index is 629. The van der Waals surface area contributed by atoms with Crippen molar-refractivity contribution in [2.75, 3.05) is 0 Å². The van der Waals surface area contributed by atoms with Crippen LogP contribution in [-0.2, 0) is 4.43 Å². The molecule has 24 heavy (non-hydrogen) atoms. The van der Waals surface area contributed by atoms with E-state index in [1.54, 1.807) is 6.92 Å². The van der Waals surface area contributed by atoms with Crippen molar-refractivity contribution in [1.82, 2.24) is 0 Å². The first-order valence-corrected chi connectivity index (χ1v) is 11.5. The van der Waals surface area contributed by atoms with Gasteiger partial charge in [0.05, 0.1) is 16.9 Å². The van der Waals surface area contributed by atoms with E-state index in [1.807, 2.05) is 0 Å². The lowest BCUT2D eigenvalue weighted by Crippen LogP contribution is -2.25. The molecule has 0 unspecified atom stereocenters. The molecule has 1 aliphatic rings. The number of carboxylic acids is 2. The second-order valence-corrected chi connectivity index (χ2v) is 11.2. The highest BCUT2D eigenvalue weighted by atomic mass is 28.4. The fourth-order valence-electron chi connectivity index (χ4n) is 2.28. The number of carbonyl (C=O) groups is 2. The molecule has 0 aromatic heterocycles. The van der Waals surface area contributed by atoms with Gasteiger partial charge in [-0.2, -0.15) is 0 Å². The zero-order valence-corrected chi connectivity index (χ0v) is 15.8.